The maximum absolute atomic E-state index is 9.37. The second kappa shape index (κ2) is 7.70. The molecule has 152 valence electrons. The summed E-state index contributed by atoms with van der Waals surface area (Å²) in [5, 5.41) is 18.8. The lowest BCUT2D eigenvalue weighted by atomic mass is 10.0. The zero-order chi connectivity index (χ0) is 21.4. The van der Waals surface area contributed by atoms with Crippen LogP contribution in [0.15, 0.2) is 67.5 Å². The Bertz CT molecular complexity index is 1420. The average molecular weight is 429 g/mol. The summed E-state index contributed by atoms with van der Waals surface area (Å²) >= 11 is 6.17. The molecule has 5 rings (SSSR count). The van der Waals surface area contributed by atoms with Crippen molar-refractivity contribution in [3.8, 4) is 28.7 Å². The number of nitriles is 1. The minimum Gasteiger partial charge on any atom is -0.284 e. The number of fused-ring (bicyclic) bond motifs is 1. The van der Waals surface area contributed by atoms with Crippen molar-refractivity contribution in [3.63, 3.8) is 0 Å². The first-order valence-corrected chi connectivity index (χ1v) is 10.0. The van der Waals surface area contributed by atoms with Crippen molar-refractivity contribution in [3.05, 3.63) is 78.1 Å². The van der Waals surface area contributed by atoms with E-state index in [1.807, 2.05) is 60.4 Å². The van der Waals surface area contributed by atoms with E-state index >= 15 is 0 Å². The number of rotatable bonds is 5. The number of aromatic nitrogens is 7. The second-order valence-corrected chi connectivity index (χ2v) is 7.60. The maximum Gasteiger partial charge on any atom is 0.149 e. The highest BCUT2D eigenvalue weighted by Crippen LogP contribution is 2.28. The van der Waals surface area contributed by atoms with Crippen LogP contribution in [0.5, 0.6) is 0 Å². The quantitative estimate of drug-likeness (QED) is 0.419. The van der Waals surface area contributed by atoms with E-state index in [1.54, 1.807) is 28.0 Å². The lowest BCUT2D eigenvalue weighted by Gasteiger charge is -2.15. The Balaban J connectivity index is 1.60. The SMILES string of the molecule is Cn1cc(-c2cc3nccn3c(-c3cnn(C(CC#N)c4cccc(Cl)c4)c3)n2)cn1. The van der Waals surface area contributed by atoms with E-state index in [4.69, 9.17) is 16.6 Å². The first-order chi connectivity index (χ1) is 15.1. The van der Waals surface area contributed by atoms with Crippen molar-refractivity contribution in [1.82, 2.24) is 33.9 Å². The van der Waals surface area contributed by atoms with Crippen LogP contribution in [0, 0.1) is 11.3 Å². The van der Waals surface area contributed by atoms with Crippen LogP contribution in [-0.2, 0) is 7.05 Å². The fourth-order valence-electron chi connectivity index (χ4n) is 3.62. The molecule has 1 aromatic carbocycles. The van der Waals surface area contributed by atoms with Crippen molar-refractivity contribution < 1.29 is 0 Å². The van der Waals surface area contributed by atoms with E-state index in [0.717, 1.165) is 28.0 Å². The largest absolute Gasteiger partial charge is 0.284 e. The summed E-state index contributed by atoms with van der Waals surface area (Å²) < 4.78 is 5.44. The summed E-state index contributed by atoms with van der Waals surface area (Å²) in [5.41, 5.74) is 4.20. The van der Waals surface area contributed by atoms with E-state index in [-0.39, 0.29) is 12.5 Å². The normalized spacial score (nSPS) is 12.2. The molecule has 0 fully saturated rings. The van der Waals surface area contributed by atoms with E-state index in [2.05, 4.69) is 21.3 Å². The number of imidazole rings is 1. The molecule has 5 aromatic rings. The summed E-state index contributed by atoms with van der Waals surface area (Å²) in [6.45, 7) is 0. The Labute approximate surface area is 183 Å². The van der Waals surface area contributed by atoms with Crippen LogP contribution < -0.4 is 0 Å². The van der Waals surface area contributed by atoms with E-state index in [0.29, 0.717) is 10.8 Å². The third kappa shape index (κ3) is 3.56. The Morgan fingerprint density at radius 3 is 2.77 bits per heavy atom. The standard InChI is InChI=1S/C22H17ClN8/c1-29-13-16(11-26-29)19-10-21-25-7-8-30(21)22(28-19)17-12-27-31(14-17)20(5-6-24)15-3-2-4-18(23)9-15/h2-4,7-14,20H,5H2,1H3. The smallest absolute Gasteiger partial charge is 0.149 e. The molecule has 1 unspecified atom stereocenters. The van der Waals surface area contributed by atoms with Gasteiger partial charge in [0.25, 0.3) is 0 Å². The van der Waals surface area contributed by atoms with Crippen LogP contribution >= 0.6 is 11.6 Å². The molecular formula is C22H17ClN8. The Morgan fingerprint density at radius 2 is 2.00 bits per heavy atom. The van der Waals surface area contributed by atoms with Crippen molar-refractivity contribution in [2.45, 2.75) is 12.5 Å². The predicted octanol–water partition coefficient (Wildman–Crippen LogP) is 4.15. The number of benzene rings is 1. The molecule has 0 aliphatic rings. The van der Waals surface area contributed by atoms with Crippen molar-refractivity contribution in [2.75, 3.05) is 0 Å². The van der Waals surface area contributed by atoms with Gasteiger partial charge in [0.15, 0.2) is 0 Å². The molecule has 0 aliphatic heterocycles. The summed E-state index contributed by atoms with van der Waals surface area (Å²) in [5.74, 6) is 0.710. The van der Waals surface area contributed by atoms with Crippen LogP contribution in [-0.4, -0.2) is 33.9 Å². The zero-order valence-electron chi connectivity index (χ0n) is 16.6. The van der Waals surface area contributed by atoms with Gasteiger partial charge in [-0.15, -0.1) is 0 Å². The number of nitrogens with zero attached hydrogens (tertiary/aromatic N) is 8. The van der Waals surface area contributed by atoms with Crippen molar-refractivity contribution >= 4 is 17.2 Å². The van der Waals surface area contributed by atoms with Gasteiger partial charge in [-0.25, -0.2) is 9.97 Å². The van der Waals surface area contributed by atoms with Gasteiger partial charge in [0.2, 0.25) is 0 Å². The van der Waals surface area contributed by atoms with Gasteiger partial charge in [-0.2, -0.15) is 15.5 Å². The first-order valence-electron chi connectivity index (χ1n) is 9.62. The molecule has 8 nitrogen and oxygen atoms in total. The van der Waals surface area contributed by atoms with Gasteiger partial charge in [0, 0.05) is 48.5 Å². The van der Waals surface area contributed by atoms with Gasteiger partial charge in [-0.3, -0.25) is 13.8 Å². The maximum atomic E-state index is 9.37. The molecule has 0 amide bonds. The predicted molar refractivity (Wildman–Crippen MR) is 116 cm³/mol. The van der Waals surface area contributed by atoms with Crippen molar-refractivity contribution in [2.24, 2.45) is 7.05 Å². The zero-order valence-corrected chi connectivity index (χ0v) is 17.3. The number of aryl methyl sites for hydroxylation is 1. The highest BCUT2D eigenvalue weighted by Gasteiger charge is 2.18. The van der Waals surface area contributed by atoms with Crippen LogP contribution in [0.25, 0.3) is 28.3 Å². The summed E-state index contributed by atoms with van der Waals surface area (Å²) in [7, 11) is 1.87. The fourth-order valence-corrected chi connectivity index (χ4v) is 3.82. The number of halogens is 1. The molecule has 9 heteroatoms. The van der Waals surface area contributed by atoms with Crippen LogP contribution in [0.1, 0.15) is 18.0 Å². The molecule has 0 saturated carbocycles. The molecule has 0 aliphatic carbocycles. The number of hydrogen-bond acceptors (Lipinski definition) is 5. The molecule has 0 spiro atoms. The molecule has 0 saturated heterocycles. The molecule has 4 aromatic heterocycles. The second-order valence-electron chi connectivity index (χ2n) is 7.17. The molecular weight excluding hydrogens is 412 g/mol. The van der Waals surface area contributed by atoms with E-state index in [1.165, 1.54) is 0 Å². The van der Waals surface area contributed by atoms with Gasteiger partial charge in [-0.1, -0.05) is 23.7 Å². The molecule has 0 N–H and O–H groups in total. The van der Waals surface area contributed by atoms with Gasteiger partial charge in [-0.05, 0) is 17.7 Å². The van der Waals surface area contributed by atoms with E-state index in [9.17, 15) is 5.26 Å². The Kier molecular flexibility index (Phi) is 4.73. The first kappa shape index (κ1) is 19.0. The third-order valence-electron chi connectivity index (χ3n) is 5.09. The molecule has 4 heterocycles. The van der Waals surface area contributed by atoms with Gasteiger partial charge in [0.05, 0.1) is 42.2 Å². The molecule has 0 bridgehead atoms. The minimum absolute atomic E-state index is 0.253. The summed E-state index contributed by atoms with van der Waals surface area (Å²) in [6.07, 6.45) is 11.2. The monoisotopic (exact) mass is 428 g/mol. The summed E-state index contributed by atoms with van der Waals surface area (Å²) in [6, 6.07) is 11.4. The lowest BCUT2D eigenvalue weighted by Crippen LogP contribution is -2.10. The van der Waals surface area contributed by atoms with Crippen LogP contribution in [0.2, 0.25) is 5.02 Å². The van der Waals surface area contributed by atoms with Crippen LogP contribution in [0.4, 0.5) is 0 Å². The van der Waals surface area contributed by atoms with Gasteiger partial charge >= 0.3 is 0 Å². The van der Waals surface area contributed by atoms with Gasteiger partial charge in [0.1, 0.15) is 11.5 Å². The topological polar surface area (TPSA) is 89.6 Å². The van der Waals surface area contributed by atoms with Gasteiger partial charge < -0.3 is 0 Å². The Morgan fingerprint density at radius 1 is 1.13 bits per heavy atom. The number of hydrogen-bond donors (Lipinski definition) is 0. The van der Waals surface area contributed by atoms with Crippen molar-refractivity contribution in [1.29, 1.82) is 5.26 Å². The Hall–Kier alpha value is -3.96. The highest BCUT2D eigenvalue weighted by atomic mass is 35.5. The fraction of sp³-hybridized carbons (Fsp3) is 0.136. The molecule has 1 atom stereocenters. The third-order valence-corrected chi connectivity index (χ3v) is 5.32. The average Bonchev–Trinajstić information content (AvgIpc) is 3.51. The lowest BCUT2D eigenvalue weighted by molar-refractivity contribution is 0.532. The van der Waals surface area contributed by atoms with Crippen LogP contribution in [0.3, 0.4) is 0 Å². The highest BCUT2D eigenvalue weighted by molar-refractivity contribution is 6.30. The molecule has 0 radical (unpaired) electrons. The summed E-state index contributed by atoms with van der Waals surface area (Å²) in [4.78, 5) is 9.30. The van der Waals surface area contributed by atoms with E-state index < -0.39 is 0 Å². The molecule has 31 heavy (non-hydrogen) atoms. The minimum atomic E-state index is -0.253.